The zero-order valence-corrected chi connectivity index (χ0v) is 16.7. The Morgan fingerprint density at radius 1 is 1.14 bits per heavy atom. The molecule has 1 saturated heterocycles. The number of fused-ring (bicyclic) bond motifs is 1. The van der Waals surface area contributed by atoms with Crippen LogP contribution < -0.4 is 19.7 Å². The van der Waals surface area contributed by atoms with Gasteiger partial charge >= 0.3 is 0 Å². The van der Waals surface area contributed by atoms with Crippen LogP contribution in [0.2, 0.25) is 0 Å². The Labute approximate surface area is 170 Å². The Kier molecular flexibility index (Phi) is 5.45. The molecule has 0 atom stereocenters. The lowest BCUT2D eigenvalue weighted by Gasteiger charge is -2.34. The van der Waals surface area contributed by atoms with Crippen molar-refractivity contribution in [2.45, 2.75) is 13.5 Å². The van der Waals surface area contributed by atoms with E-state index in [1.165, 1.54) is 10.5 Å². The summed E-state index contributed by atoms with van der Waals surface area (Å²) in [4.78, 5) is 15.3. The number of benzene rings is 2. The molecule has 28 heavy (non-hydrogen) atoms. The molecule has 4 rings (SSSR count). The van der Waals surface area contributed by atoms with Gasteiger partial charge in [0.15, 0.2) is 22.4 Å². The Morgan fingerprint density at radius 2 is 1.93 bits per heavy atom. The molecular formula is C21H24N3O3S+. The molecule has 0 saturated carbocycles. The molecule has 0 unspecified atom stereocenters. The number of rotatable bonds is 4. The second kappa shape index (κ2) is 8.16. The first kappa shape index (κ1) is 18.7. The Bertz CT molecular complexity index is 894. The van der Waals surface area contributed by atoms with E-state index in [1.54, 1.807) is 6.92 Å². The van der Waals surface area contributed by atoms with E-state index in [0.717, 1.165) is 49.9 Å². The molecule has 0 bridgehead atoms. The van der Waals surface area contributed by atoms with Crippen LogP contribution in [0.5, 0.6) is 11.5 Å². The van der Waals surface area contributed by atoms with Crippen LogP contribution in [0.3, 0.4) is 0 Å². The summed E-state index contributed by atoms with van der Waals surface area (Å²) in [6.45, 7) is 6.68. The van der Waals surface area contributed by atoms with Crippen LogP contribution in [0.1, 0.15) is 22.8 Å². The summed E-state index contributed by atoms with van der Waals surface area (Å²) < 4.78 is 10.8. The lowest BCUT2D eigenvalue weighted by molar-refractivity contribution is -0.917. The van der Waals surface area contributed by atoms with E-state index in [4.69, 9.17) is 21.7 Å². The molecule has 2 aromatic rings. The standard InChI is InChI=1S/C21H23N3O3S/c1-15(25)17-3-2-4-18(12-17)22-21(28)24-9-7-23(8-10-24)13-16-5-6-19-20(11-16)27-14-26-19/h2-6,11-12H,7-10,13-14H2,1H3,(H,22,28)/p+1. The quantitative estimate of drug-likeness (QED) is 0.604. The predicted molar refractivity (Wildman–Crippen MR) is 111 cm³/mol. The molecular weight excluding hydrogens is 374 g/mol. The van der Waals surface area contributed by atoms with Gasteiger partial charge in [0.05, 0.1) is 26.2 Å². The Morgan fingerprint density at radius 3 is 2.71 bits per heavy atom. The minimum absolute atomic E-state index is 0.0512. The number of ketones is 1. The number of quaternary nitrogens is 1. The van der Waals surface area contributed by atoms with Crippen LogP contribution >= 0.6 is 12.2 Å². The second-order valence-electron chi connectivity index (χ2n) is 7.17. The number of Topliss-reactive ketones (excluding diaryl/α,β-unsaturated/α-hetero) is 1. The highest BCUT2D eigenvalue weighted by Gasteiger charge is 2.23. The molecule has 0 aromatic heterocycles. The van der Waals surface area contributed by atoms with Gasteiger partial charge in [0.2, 0.25) is 6.79 Å². The van der Waals surface area contributed by atoms with Gasteiger partial charge in [-0.25, -0.2) is 0 Å². The normalized spacial score (nSPS) is 16.1. The summed E-state index contributed by atoms with van der Waals surface area (Å²) in [6, 6.07) is 13.6. The monoisotopic (exact) mass is 398 g/mol. The van der Waals surface area contributed by atoms with Gasteiger partial charge in [-0.3, -0.25) is 4.79 Å². The maximum absolute atomic E-state index is 11.5. The summed E-state index contributed by atoms with van der Waals surface area (Å²) in [6.07, 6.45) is 0. The minimum Gasteiger partial charge on any atom is -0.454 e. The number of thiocarbonyl (C=S) groups is 1. The summed E-state index contributed by atoms with van der Waals surface area (Å²) in [5.74, 6) is 1.72. The molecule has 0 spiro atoms. The van der Waals surface area contributed by atoms with Crippen molar-refractivity contribution in [3.63, 3.8) is 0 Å². The molecule has 0 aliphatic carbocycles. The average Bonchev–Trinajstić information content (AvgIpc) is 3.16. The third-order valence-corrected chi connectivity index (χ3v) is 5.53. The van der Waals surface area contributed by atoms with Gasteiger partial charge in [-0.2, -0.15) is 0 Å². The van der Waals surface area contributed by atoms with Crippen molar-refractivity contribution in [2.24, 2.45) is 0 Å². The highest BCUT2D eigenvalue weighted by Crippen LogP contribution is 2.32. The van der Waals surface area contributed by atoms with E-state index < -0.39 is 0 Å². The fraction of sp³-hybridized carbons (Fsp3) is 0.333. The fourth-order valence-electron chi connectivity index (χ4n) is 3.56. The number of carbonyl (C=O) groups excluding carboxylic acids is 1. The van der Waals surface area contributed by atoms with Crippen LogP contribution in [-0.2, 0) is 6.54 Å². The molecule has 2 aromatic carbocycles. The van der Waals surface area contributed by atoms with Gasteiger partial charge < -0.3 is 24.6 Å². The van der Waals surface area contributed by atoms with Crippen LogP contribution in [0.15, 0.2) is 42.5 Å². The topological polar surface area (TPSA) is 55.2 Å². The fourth-order valence-corrected chi connectivity index (χ4v) is 3.86. The van der Waals surface area contributed by atoms with Gasteiger partial charge in [0.1, 0.15) is 6.54 Å². The van der Waals surface area contributed by atoms with E-state index in [1.807, 2.05) is 30.3 Å². The lowest BCUT2D eigenvalue weighted by atomic mass is 10.1. The molecule has 146 valence electrons. The summed E-state index contributed by atoms with van der Waals surface area (Å²) in [5, 5.41) is 3.98. The first-order valence-corrected chi connectivity index (χ1v) is 9.88. The van der Waals surface area contributed by atoms with E-state index in [-0.39, 0.29) is 5.78 Å². The number of piperazine rings is 1. The number of hydrogen-bond donors (Lipinski definition) is 2. The van der Waals surface area contributed by atoms with Crippen molar-refractivity contribution in [3.8, 4) is 11.5 Å². The van der Waals surface area contributed by atoms with E-state index >= 15 is 0 Å². The molecule has 2 heterocycles. The molecule has 1 fully saturated rings. The van der Waals surface area contributed by atoms with Crippen molar-refractivity contribution in [2.75, 3.05) is 38.3 Å². The lowest BCUT2D eigenvalue weighted by Crippen LogP contribution is -3.13. The first-order chi connectivity index (χ1) is 13.6. The van der Waals surface area contributed by atoms with E-state index in [2.05, 4.69) is 22.3 Å². The minimum atomic E-state index is 0.0512. The summed E-state index contributed by atoms with van der Waals surface area (Å²) in [7, 11) is 0. The van der Waals surface area contributed by atoms with Crippen molar-refractivity contribution in [1.29, 1.82) is 0 Å². The molecule has 7 heteroatoms. The van der Waals surface area contributed by atoms with Crippen molar-refractivity contribution in [3.05, 3.63) is 53.6 Å². The first-order valence-electron chi connectivity index (χ1n) is 9.47. The molecule has 0 amide bonds. The number of carbonyl (C=O) groups is 1. The molecule has 0 radical (unpaired) electrons. The van der Waals surface area contributed by atoms with Crippen molar-refractivity contribution in [1.82, 2.24) is 4.90 Å². The maximum atomic E-state index is 11.5. The zero-order valence-electron chi connectivity index (χ0n) is 15.9. The molecule has 6 nitrogen and oxygen atoms in total. The van der Waals surface area contributed by atoms with Crippen LogP contribution in [-0.4, -0.2) is 48.8 Å². The zero-order chi connectivity index (χ0) is 19.5. The third kappa shape index (κ3) is 4.26. The number of hydrogen-bond acceptors (Lipinski definition) is 4. The number of anilines is 1. The average molecular weight is 399 g/mol. The Balaban J connectivity index is 1.29. The predicted octanol–water partition coefficient (Wildman–Crippen LogP) is 1.72. The SMILES string of the molecule is CC(=O)c1cccc(NC(=S)N2CC[NH+](Cc3ccc4c(c3)OCO4)CC2)c1. The van der Waals surface area contributed by atoms with Crippen molar-refractivity contribution < 1.29 is 19.2 Å². The highest BCUT2D eigenvalue weighted by atomic mass is 32.1. The van der Waals surface area contributed by atoms with Crippen LogP contribution in [0, 0.1) is 0 Å². The molecule has 2 aliphatic rings. The molecule has 2 aliphatic heterocycles. The van der Waals surface area contributed by atoms with Crippen LogP contribution in [0.25, 0.3) is 0 Å². The second-order valence-corrected chi connectivity index (χ2v) is 7.56. The maximum Gasteiger partial charge on any atom is 0.231 e. The third-order valence-electron chi connectivity index (χ3n) is 5.17. The highest BCUT2D eigenvalue weighted by molar-refractivity contribution is 7.80. The number of nitrogens with one attached hydrogen (secondary N) is 2. The number of ether oxygens (including phenoxy) is 2. The Hall–Kier alpha value is -2.64. The smallest absolute Gasteiger partial charge is 0.231 e. The van der Waals surface area contributed by atoms with Gasteiger partial charge in [0.25, 0.3) is 0 Å². The summed E-state index contributed by atoms with van der Waals surface area (Å²) >= 11 is 5.58. The van der Waals surface area contributed by atoms with Gasteiger partial charge in [-0.1, -0.05) is 12.1 Å². The van der Waals surface area contributed by atoms with Gasteiger partial charge in [-0.05, 0) is 49.5 Å². The van der Waals surface area contributed by atoms with E-state index in [0.29, 0.717) is 17.5 Å². The largest absolute Gasteiger partial charge is 0.454 e. The van der Waals surface area contributed by atoms with Crippen molar-refractivity contribution >= 4 is 28.8 Å². The summed E-state index contributed by atoms with van der Waals surface area (Å²) in [5.41, 5.74) is 2.80. The molecule has 2 N–H and O–H groups in total. The van der Waals surface area contributed by atoms with Gasteiger partial charge in [-0.15, -0.1) is 0 Å². The van der Waals surface area contributed by atoms with Gasteiger partial charge in [0, 0.05) is 16.8 Å². The van der Waals surface area contributed by atoms with Crippen LogP contribution in [0.4, 0.5) is 5.69 Å². The van der Waals surface area contributed by atoms with E-state index in [9.17, 15) is 4.79 Å². The number of nitrogens with zero attached hydrogens (tertiary/aromatic N) is 1.